The summed E-state index contributed by atoms with van der Waals surface area (Å²) >= 11 is 0. The molecule has 0 saturated carbocycles. The van der Waals surface area contributed by atoms with E-state index in [1.807, 2.05) is 38.1 Å². The number of benzene rings is 2. The molecule has 0 saturated heterocycles. The maximum atomic E-state index is 13.0. The number of nitrogens with one attached hydrogen (secondary N) is 1. The lowest BCUT2D eigenvalue weighted by atomic mass is 10.0. The van der Waals surface area contributed by atoms with Crippen molar-refractivity contribution in [1.82, 2.24) is 0 Å². The summed E-state index contributed by atoms with van der Waals surface area (Å²) in [7, 11) is 0. The Hall–Kier alpha value is -3.54. The predicted molar refractivity (Wildman–Crippen MR) is 142 cm³/mol. The van der Waals surface area contributed by atoms with Crippen LogP contribution in [0.15, 0.2) is 65.9 Å². The van der Waals surface area contributed by atoms with Gasteiger partial charge in [-0.05, 0) is 61.8 Å². The van der Waals surface area contributed by atoms with Crippen LogP contribution in [0.5, 0.6) is 5.75 Å². The van der Waals surface area contributed by atoms with Crippen LogP contribution in [0, 0.1) is 12.8 Å². The molecule has 0 fully saturated rings. The van der Waals surface area contributed by atoms with Gasteiger partial charge in [-0.3, -0.25) is 9.59 Å². The van der Waals surface area contributed by atoms with E-state index in [4.69, 9.17) is 14.6 Å². The van der Waals surface area contributed by atoms with E-state index in [0.717, 1.165) is 24.0 Å². The molecule has 36 heavy (non-hydrogen) atoms. The zero-order chi connectivity index (χ0) is 26.1. The van der Waals surface area contributed by atoms with Gasteiger partial charge < -0.3 is 19.9 Å². The van der Waals surface area contributed by atoms with Crippen LogP contribution in [-0.2, 0) is 20.7 Å². The zero-order valence-electron chi connectivity index (χ0n) is 21.7. The van der Waals surface area contributed by atoms with Crippen molar-refractivity contribution < 1.29 is 24.2 Å². The van der Waals surface area contributed by atoms with Gasteiger partial charge in [-0.1, -0.05) is 56.3 Å². The molecule has 0 heterocycles. The number of hydrogen-bond acceptors (Lipinski definition) is 4. The third-order valence-corrected chi connectivity index (χ3v) is 6.02. The fourth-order valence-corrected chi connectivity index (χ4v) is 4.07. The highest BCUT2D eigenvalue weighted by Crippen LogP contribution is 2.29. The van der Waals surface area contributed by atoms with Crippen molar-refractivity contribution in [3.63, 3.8) is 0 Å². The predicted octanol–water partition coefficient (Wildman–Crippen LogP) is 6.76. The van der Waals surface area contributed by atoms with Gasteiger partial charge in [0.25, 0.3) is 5.91 Å². The summed E-state index contributed by atoms with van der Waals surface area (Å²) in [5.41, 5.74) is 4.50. The number of carbonyl (C=O) groups excluding carboxylic acids is 1. The average Bonchev–Trinajstić information content (AvgIpc) is 2.84. The summed E-state index contributed by atoms with van der Waals surface area (Å²) in [6.07, 6.45) is 6.45. The Kier molecular flexibility index (Phi) is 9.74. The van der Waals surface area contributed by atoms with E-state index in [1.54, 1.807) is 6.08 Å². The van der Waals surface area contributed by atoms with Crippen molar-refractivity contribution in [2.45, 2.75) is 65.9 Å². The number of amides is 1. The molecule has 1 aliphatic carbocycles. The summed E-state index contributed by atoms with van der Waals surface area (Å²) in [6, 6.07) is 14.2. The first-order chi connectivity index (χ1) is 17.2. The molecule has 1 amide bonds. The number of carboxylic acids is 1. The molecule has 3 rings (SSSR count). The van der Waals surface area contributed by atoms with Crippen molar-refractivity contribution in [3.05, 3.63) is 82.6 Å². The van der Waals surface area contributed by atoms with Crippen molar-refractivity contribution in [1.29, 1.82) is 0 Å². The van der Waals surface area contributed by atoms with Crippen LogP contribution in [0.25, 0.3) is 0 Å². The summed E-state index contributed by atoms with van der Waals surface area (Å²) in [6.45, 7) is 8.70. The largest absolute Gasteiger partial charge is 0.497 e. The molecule has 0 bridgehead atoms. The van der Waals surface area contributed by atoms with Gasteiger partial charge in [0, 0.05) is 24.6 Å². The molecule has 2 N–H and O–H groups in total. The lowest BCUT2D eigenvalue weighted by Crippen LogP contribution is -2.18. The Morgan fingerprint density at radius 2 is 1.83 bits per heavy atom. The number of hydrogen-bond donors (Lipinski definition) is 2. The summed E-state index contributed by atoms with van der Waals surface area (Å²) in [4.78, 5) is 23.8. The lowest BCUT2D eigenvalue weighted by molar-refractivity contribution is -0.137. The monoisotopic (exact) mass is 491 g/mol. The second kappa shape index (κ2) is 13.0. The smallest absolute Gasteiger partial charge is 0.303 e. The molecule has 0 spiro atoms. The topological polar surface area (TPSA) is 84.9 Å². The molecular weight excluding hydrogens is 454 g/mol. The highest BCUT2D eigenvalue weighted by Gasteiger charge is 2.18. The number of carbonyl (C=O) groups is 2. The third-order valence-electron chi connectivity index (χ3n) is 6.02. The Balaban J connectivity index is 1.67. The maximum Gasteiger partial charge on any atom is 0.303 e. The summed E-state index contributed by atoms with van der Waals surface area (Å²) in [5.74, 6) is 0.805. The second-order valence-electron chi connectivity index (χ2n) is 9.66. The molecule has 2 aromatic carbocycles. The van der Waals surface area contributed by atoms with Crippen LogP contribution in [0.1, 0.15) is 69.2 Å². The van der Waals surface area contributed by atoms with E-state index in [-0.39, 0.29) is 25.0 Å². The molecule has 0 aromatic heterocycles. The van der Waals surface area contributed by atoms with Crippen molar-refractivity contribution in [3.8, 4) is 5.75 Å². The summed E-state index contributed by atoms with van der Waals surface area (Å²) in [5, 5.41) is 11.8. The van der Waals surface area contributed by atoms with Crippen LogP contribution < -0.4 is 10.1 Å². The van der Waals surface area contributed by atoms with Crippen LogP contribution >= 0.6 is 0 Å². The van der Waals surface area contributed by atoms with E-state index >= 15 is 0 Å². The Morgan fingerprint density at radius 3 is 2.53 bits per heavy atom. The standard InChI is InChI=1S/C30H37NO5/c1-20(2)18-23-12-14-24(15-13-23)22(4)36-28-19-25(16-11-21(28)3)31-30(34)26-8-5-6-9-27(26)35-17-7-10-29(32)33/h5,8,11-16,19-20,22H,6-7,9-10,17-18H2,1-4H3,(H,31,34)(H,32,33). The number of aliphatic carboxylic acids is 1. The van der Waals surface area contributed by atoms with Crippen LogP contribution in [0.2, 0.25) is 0 Å². The molecular formula is C30H37NO5. The number of anilines is 1. The molecule has 2 aromatic rings. The molecule has 0 aliphatic heterocycles. The molecule has 0 radical (unpaired) electrons. The summed E-state index contributed by atoms with van der Waals surface area (Å²) < 4.78 is 12.0. The molecule has 6 nitrogen and oxygen atoms in total. The Bertz CT molecular complexity index is 1110. The maximum absolute atomic E-state index is 13.0. The van der Waals surface area contributed by atoms with Gasteiger partial charge in [0.1, 0.15) is 17.6 Å². The minimum Gasteiger partial charge on any atom is -0.497 e. The van der Waals surface area contributed by atoms with Gasteiger partial charge in [-0.2, -0.15) is 0 Å². The lowest BCUT2D eigenvalue weighted by Gasteiger charge is -2.19. The molecule has 1 unspecified atom stereocenters. The second-order valence-corrected chi connectivity index (χ2v) is 9.66. The number of carboxylic acid groups (broad SMARTS) is 1. The number of allylic oxidation sites excluding steroid dienone is 2. The Labute approximate surface area is 214 Å². The first kappa shape index (κ1) is 27.1. The van der Waals surface area contributed by atoms with Crippen LogP contribution in [-0.4, -0.2) is 23.6 Å². The van der Waals surface area contributed by atoms with Crippen molar-refractivity contribution >= 4 is 17.6 Å². The number of ether oxygens (including phenoxy) is 2. The first-order valence-electron chi connectivity index (χ1n) is 12.6. The van der Waals surface area contributed by atoms with E-state index in [2.05, 4.69) is 43.4 Å². The fraction of sp³-hybridized carbons (Fsp3) is 0.400. The van der Waals surface area contributed by atoms with Gasteiger partial charge in [0.15, 0.2) is 0 Å². The van der Waals surface area contributed by atoms with E-state index in [0.29, 0.717) is 41.5 Å². The zero-order valence-corrected chi connectivity index (χ0v) is 21.7. The van der Waals surface area contributed by atoms with Gasteiger partial charge in [-0.15, -0.1) is 0 Å². The van der Waals surface area contributed by atoms with Crippen LogP contribution in [0.3, 0.4) is 0 Å². The molecule has 6 heteroatoms. The van der Waals surface area contributed by atoms with Gasteiger partial charge in [0.2, 0.25) is 0 Å². The third kappa shape index (κ3) is 8.01. The normalized spacial score (nSPS) is 14.0. The van der Waals surface area contributed by atoms with Gasteiger partial charge >= 0.3 is 5.97 Å². The highest BCUT2D eigenvalue weighted by molar-refractivity contribution is 6.06. The first-order valence-corrected chi connectivity index (χ1v) is 12.6. The SMILES string of the molecule is Cc1ccc(NC(=O)C2=C(OCCCC(=O)O)CCC=C2)cc1OC(C)c1ccc(CC(C)C)cc1. The molecule has 1 atom stereocenters. The van der Waals surface area contributed by atoms with E-state index in [9.17, 15) is 9.59 Å². The van der Waals surface area contributed by atoms with E-state index < -0.39 is 5.97 Å². The minimum absolute atomic E-state index is 0.0390. The van der Waals surface area contributed by atoms with Crippen molar-refractivity contribution in [2.75, 3.05) is 11.9 Å². The molecule has 1 aliphatic rings. The number of rotatable bonds is 12. The Morgan fingerprint density at radius 1 is 1.08 bits per heavy atom. The number of aryl methyl sites for hydroxylation is 1. The van der Waals surface area contributed by atoms with E-state index in [1.165, 1.54) is 5.56 Å². The highest BCUT2D eigenvalue weighted by atomic mass is 16.5. The molecule has 192 valence electrons. The van der Waals surface area contributed by atoms with Gasteiger partial charge in [0.05, 0.1) is 12.2 Å². The average molecular weight is 492 g/mol. The van der Waals surface area contributed by atoms with Crippen molar-refractivity contribution in [2.24, 2.45) is 5.92 Å². The quantitative estimate of drug-likeness (QED) is 0.321. The van der Waals surface area contributed by atoms with Gasteiger partial charge in [-0.25, -0.2) is 0 Å². The minimum atomic E-state index is -0.857. The van der Waals surface area contributed by atoms with Crippen LogP contribution in [0.4, 0.5) is 5.69 Å². The fourth-order valence-electron chi connectivity index (χ4n) is 4.07.